The average molecular weight is 265 g/mol. The SMILES string of the molecule is CN(C(=O)CNC(=O)OC(C)(C)C)c1ccncc1. The highest BCUT2D eigenvalue weighted by molar-refractivity contribution is 5.95. The molecule has 1 heterocycles. The molecule has 6 heteroatoms. The van der Waals surface area contributed by atoms with Gasteiger partial charge in [0.05, 0.1) is 0 Å². The first-order chi connectivity index (χ1) is 8.79. The number of pyridine rings is 1. The first-order valence-corrected chi connectivity index (χ1v) is 5.93. The maximum Gasteiger partial charge on any atom is 0.408 e. The summed E-state index contributed by atoms with van der Waals surface area (Å²) in [4.78, 5) is 28.6. The number of aromatic nitrogens is 1. The number of ether oxygens (including phenoxy) is 1. The van der Waals surface area contributed by atoms with Crippen LogP contribution in [0.3, 0.4) is 0 Å². The van der Waals surface area contributed by atoms with Crippen LogP contribution in [0, 0.1) is 0 Å². The second-order valence-corrected chi connectivity index (χ2v) is 5.01. The summed E-state index contributed by atoms with van der Waals surface area (Å²) in [5.74, 6) is -0.239. The highest BCUT2D eigenvalue weighted by Crippen LogP contribution is 2.09. The van der Waals surface area contributed by atoms with E-state index in [-0.39, 0.29) is 12.5 Å². The molecule has 1 rings (SSSR count). The summed E-state index contributed by atoms with van der Waals surface area (Å²) in [5.41, 5.74) is 0.135. The van der Waals surface area contributed by atoms with Crippen LogP contribution in [-0.2, 0) is 9.53 Å². The Kier molecular flexibility index (Phi) is 4.86. The molecule has 0 saturated carbocycles. The van der Waals surface area contributed by atoms with Crippen molar-refractivity contribution in [2.75, 3.05) is 18.5 Å². The molecule has 0 unspecified atom stereocenters. The summed E-state index contributed by atoms with van der Waals surface area (Å²) in [6, 6.07) is 3.43. The number of carbonyl (C=O) groups excluding carboxylic acids is 2. The highest BCUT2D eigenvalue weighted by atomic mass is 16.6. The van der Waals surface area contributed by atoms with E-state index in [0.29, 0.717) is 5.69 Å². The van der Waals surface area contributed by atoms with Gasteiger partial charge in [-0.2, -0.15) is 0 Å². The van der Waals surface area contributed by atoms with Crippen molar-refractivity contribution in [2.45, 2.75) is 26.4 Å². The molecule has 0 bridgehead atoms. The normalized spacial score (nSPS) is 10.7. The summed E-state index contributed by atoms with van der Waals surface area (Å²) in [6.07, 6.45) is 2.59. The fourth-order valence-electron chi connectivity index (χ4n) is 1.29. The zero-order valence-corrected chi connectivity index (χ0v) is 11.6. The van der Waals surface area contributed by atoms with Crippen LogP contribution >= 0.6 is 0 Å². The summed E-state index contributed by atoms with van der Waals surface area (Å²) >= 11 is 0. The number of likely N-dealkylation sites (N-methyl/N-ethyl adjacent to an activating group) is 1. The predicted octanol–water partition coefficient (Wildman–Crippen LogP) is 1.57. The van der Waals surface area contributed by atoms with Crippen LogP contribution in [0.5, 0.6) is 0 Å². The summed E-state index contributed by atoms with van der Waals surface area (Å²) < 4.78 is 5.04. The van der Waals surface area contributed by atoms with Gasteiger partial charge in [0.1, 0.15) is 12.1 Å². The first-order valence-electron chi connectivity index (χ1n) is 5.93. The number of anilines is 1. The van der Waals surface area contributed by atoms with Crippen LogP contribution in [-0.4, -0.2) is 36.2 Å². The zero-order valence-electron chi connectivity index (χ0n) is 11.6. The Hall–Kier alpha value is -2.11. The molecule has 104 valence electrons. The van der Waals surface area contributed by atoms with E-state index >= 15 is 0 Å². The Balaban J connectivity index is 2.46. The molecular formula is C13H19N3O3. The van der Waals surface area contributed by atoms with Crippen LogP contribution in [0.1, 0.15) is 20.8 Å². The molecular weight excluding hydrogens is 246 g/mol. The van der Waals surface area contributed by atoms with Gasteiger partial charge in [-0.3, -0.25) is 9.78 Å². The van der Waals surface area contributed by atoms with Gasteiger partial charge in [0.25, 0.3) is 0 Å². The second-order valence-electron chi connectivity index (χ2n) is 5.01. The van der Waals surface area contributed by atoms with Gasteiger partial charge in [-0.15, -0.1) is 0 Å². The van der Waals surface area contributed by atoms with Crippen molar-refractivity contribution in [2.24, 2.45) is 0 Å². The number of nitrogens with one attached hydrogen (secondary N) is 1. The second kappa shape index (κ2) is 6.17. The molecule has 1 aromatic rings. The van der Waals surface area contributed by atoms with Crippen molar-refractivity contribution in [3.63, 3.8) is 0 Å². The molecule has 0 fully saturated rings. The van der Waals surface area contributed by atoms with Crippen molar-refractivity contribution in [1.29, 1.82) is 0 Å². The van der Waals surface area contributed by atoms with E-state index in [1.807, 2.05) is 0 Å². The lowest BCUT2D eigenvalue weighted by Crippen LogP contribution is -2.40. The predicted molar refractivity (Wildman–Crippen MR) is 71.9 cm³/mol. The minimum absolute atomic E-state index is 0.117. The number of rotatable bonds is 3. The monoisotopic (exact) mass is 265 g/mol. The van der Waals surface area contributed by atoms with Gasteiger partial charge in [-0.1, -0.05) is 0 Å². The van der Waals surface area contributed by atoms with E-state index in [1.54, 1.807) is 52.3 Å². The van der Waals surface area contributed by atoms with Crippen LogP contribution in [0.2, 0.25) is 0 Å². The van der Waals surface area contributed by atoms with Crippen LogP contribution in [0.25, 0.3) is 0 Å². The van der Waals surface area contributed by atoms with E-state index in [2.05, 4.69) is 10.3 Å². The molecule has 0 spiro atoms. The van der Waals surface area contributed by atoms with Gasteiger partial charge < -0.3 is 15.0 Å². The lowest BCUT2D eigenvalue weighted by atomic mass is 10.2. The highest BCUT2D eigenvalue weighted by Gasteiger charge is 2.17. The molecule has 19 heavy (non-hydrogen) atoms. The van der Waals surface area contributed by atoms with Gasteiger partial charge in [0.15, 0.2) is 0 Å². The molecule has 6 nitrogen and oxygen atoms in total. The Bertz CT molecular complexity index is 440. The molecule has 2 amide bonds. The molecule has 0 aromatic carbocycles. The van der Waals surface area contributed by atoms with Crippen molar-refractivity contribution >= 4 is 17.7 Å². The van der Waals surface area contributed by atoms with Crippen molar-refractivity contribution in [3.05, 3.63) is 24.5 Å². The molecule has 0 atom stereocenters. The number of hydrogen-bond donors (Lipinski definition) is 1. The molecule has 0 radical (unpaired) electrons. The summed E-state index contributed by atoms with van der Waals surface area (Å²) in [6.45, 7) is 5.17. The fourth-order valence-corrected chi connectivity index (χ4v) is 1.29. The lowest BCUT2D eigenvalue weighted by Gasteiger charge is -2.21. The third kappa shape index (κ3) is 5.37. The molecule has 0 aliphatic rings. The fraction of sp³-hybridized carbons (Fsp3) is 0.462. The topological polar surface area (TPSA) is 71.5 Å². The van der Waals surface area contributed by atoms with E-state index in [0.717, 1.165) is 0 Å². The summed E-state index contributed by atoms with van der Waals surface area (Å²) in [5, 5.41) is 2.42. The van der Waals surface area contributed by atoms with Crippen LogP contribution in [0.4, 0.5) is 10.5 Å². The van der Waals surface area contributed by atoms with Gasteiger partial charge in [-0.05, 0) is 32.9 Å². The van der Waals surface area contributed by atoms with E-state index in [9.17, 15) is 9.59 Å². The number of alkyl carbamates (subject to hydrolysis) is 1. The minimum atomic E-state index is -0.607. The minimum Gasteiger partial charge on any atom is -0.444 e. The van der Waals surface area contributed by atoms with Gasteiger partial charge in [-0.25, -0.2) is 4.79 Å². The standard InChI is InChI=1S/C13H19N3O3/c1-13(2,3)19-12(18)15-9-11(17)16(4)10-5-7-14-8-6-10/h5-8H,9H2,1-4H3,(H,15,18). The third-order valence-corrected chi connectivity index (χ3v) is 2.21. The number of hydrogen-bond acceptors (Lipinski definition) is 4. The Labute approximate surface area is 112 Å². The van der Waals surface area contributed by atoms with Crippen LogP contribution in [0.15, 0.2) is 24.5 Å². The quantitative estimate of drug-likeness (QED) is 0.900. The first kappa shape index (κ1) is 14.9. The van der Waals surface area contributed by atoms with Gasteiger partial charge in [0.2, 0.25) is 5.91 Å². The van der Waals surface area contributed by atoms with E-state index < -0.39 is 11.7 Å². The van der Waals surface area contributed by atoms with Crippen molar-refractivity contribution < 1.29 is 14.3 Å². The largest absolute Gasteiger partial charge is 0.444 e. The van der Waals surface area contributed by atoms with E-state index in [4.69, 9.17) is 4.74 Å². The maximum absolute atomic E-state index is 11.8. The van der Waals surface area contributed by atoms with Crippen LogP contribution < -0.4 is 10.2 Å². The zero-order chi connectivity index (χ0) is 14.5. The number of nitrogens with zero attached hydrogens (tertiary/aromatic N) is 2. The molecule has 0 aliphatic heterocycles. The Morgan fingerprint density at radius 1 is 1.32 bits per heavy atom. The number of amides is 2. The third-order valence-electron chi connectivity index (χ3n) is 2.21. The van der Waals surface area contributed by atoms with Crippen molar-refractivity contribution in [3.8, 4) is 0 Å². The van der Waals surface area contributed by atoms with Gasteiger partial charge >= 0.3 is 6.09 Å². The summed E-state index contributed by atoms with van der Waals surface area (Å²) in [7, 11) is 1.63. The van der Waals surface area contributed by atoms with Crippen molar-refractivity contribution in [1.82, 2.24) is 10.3 Å². The Morgan fingerprint density at radius 3 is 2.42 bits per heavy atom. The molecule has 0 aliphatic carbocycles. The maximum atomic E-state index is 11.8. The van der Waals surface area contributed by atoms with Gasteiger partial charge in [0, 0.05) is 25.1 Å². The van der Waals surface area contributed by atoms with E-state index in [1.165, 1.54) is 4.90 Å². The smallest absolute Gasteiger partial charge is 0.408 e. The Morgan fingerprint density at radius 2 is 1.89 bits per heavy atom. The average Bonchev–Trinajstić information content (AvgIpc) is 2.34. The lowest BCUT2D eigenvalue weighted by molar-refractivity contribution is -0.117. The molecule has 1 N–H and O–H groups in total. The molecule has 0 saturated heterocycles. The molecule has 1 aromatic heterocycles. The number of carbonyl (C=O) groups is 2.